The first kappa shape index (κ1) is 21.4. The normalized spacial score (nSPS) is 12.5. The number of nitrogens with one attached hydrogen (secondary N) is 1. The van der Waals surface area contributed by atoms with Crippen molar-refractivity contribution in [3.8, 4) is 5.75 Å². The molecule has 0 aromatic heterocycles. The highest BCUT2D eigenvalue weighted by molar-refractivity contribution is 5.94. The summed E-state index contributed by atoms with van der Waals surface area (Å²) in [5, 5.41) is 2.84. The van der Waals surface area contributed by atoms with Crippen LogP contribution in [-0.2, 0) is 32.1 Å². The summed E-state index contributed by atoms with van der Waals surface area (Å²) in [7, 11) is 1.31. The number of esters is 1. The smallest absolute Gasteiger partial charge is 0.325 e. The van der Waals surface area contributed by atoms with Crippen molar-refractivity contribution in [2.75, 3.05) is 25.6 Å². The van der Waals surface area contributed by atoms with E-state index in [1.807, 2.05) is 48.5 Å². The van der Waals surface area contributed by atoms with E-state index in [4.69, 9.17) is 9.47 Å². The van der Waals surface area contributed by atoms with Gasteiger partial charge >= 0.3 is 5.97 Å². The molecule has 2 amide bonds. The van der Waals surface area contributed by atoms with Gasteiger partial charge in [-0.05, 0) is 42.2 Å². The summed E-state index contributed by atoms with van der Waals surface area (Å²) in [6.07, 6.45) is 1.96. The quantitative estimate of drug-likeness (QED) is 0.508. The summed E-state index contributed by atoms with van der Waals surface area (Å²) in [6.45, 7) is 0.655. The number of aryl methyl sites for hydroxylation is 1. The zero-order valence-corrected chi connectivity index (χ0v) is 17.1. The Kier molecular flexibility index (Phi) is 7.43. The number of hydrogen-bond acceptors (Lipinski definition) is 5. The van der Waals surface area contributed by atoms with Crippen LogP contribution in [0, 0.1) is 0 Å². The number of hydrogen-bond donors (Lipinski definition) is 1. The molecule has 0 spiro atoms. The maximum absolute atomic E-state index is 12.7. The van der Waals surface area contributed by atoms with Gasteiger partial charge in [0, 0.05) is 25.1 Å². The van der Waals surface area contributed by atoms with Gasteiger partial charge in [0.2, 0.25) is 11.8 Å². The molecule has 158 valence electrons. The Labute approximate surface area is 176 Å². The van der Waals surface area contributed by atoms with Crippen LogP contribution < -0.4 is 10.1 Å². The second-order valence-corrected chi connectivity index (χ2v) is 7.13. The highest BCUT2D eigenvalue weighted by Crippen LogP contribution is 2.26. The van der Waals surface area contributed by atoms with Crippen LogP contribution in [-0.4, -0.2) is 42.9 Å². The van der Waals surface area contributed by atoms with Crippen molar-refractivity contribution in [3.63, 3.8) is 0 Å². The van der Waals surface area contributed by atoms with Gasteiger partial charge in [0.1, 0.15) is 12.3 Å². The van der Waals surface area contributed by atoms with E-state index in [1.54, 1.807) is 0 Å². The average molecular weight is 410 g/mol. The predicted octanol–water partition coefficient (Wildman–Crippen LogP) is 2.93. The van der Waals surface area contributed by atoms with Gasteiger partial charge in [-0.25, -0.2) is 0 Å². The maximum atomic E-state index is 12.7. The van der Waals surface area contributed by atoms with E-state index >= 15 is 0 Å². The zero-order valence-electron chi connectivity index (χ0n) is 17.1. The molecule has 0 saturated carbocycles. The number of fused-ring (bicyclic) bond motifs is 1. The van der Waals surface area contributed by atoms with Gasteiger partial charge < -0.3 is 19.7 Å². The van der Waals surface area contributed by atoms with Crippen LogP contribution in [0.3, 0.4) is 0 Å². The van der Waals surface area contributed by atoms with Crippen LogP contribution in [0.25, 0.3) is 0 Å². The molecular formula is C23H26N2O5. The lowest BCUT2D eigenvalue weighted by molar-refractivity contribution is -0.147. The van der Waals surface area contributed by atoms with Crippen molar-refractivity contribution in [1.82, 2.24) is 4.90 Å². The number of methoxy groups -OCH3 is 1. The second kappa shape index (κ2) is 10.4. The third kappa shape index (κ3) is 6.07. The number of carbonyl (C=O) groups excluding carboxylic acids is 3. The molecule has 30 heavy (non-hydrogen) atoms. The van der Waals surface area contributed by atoms with Gasteiger partial charge in [-0.1, -0.05) is 30.3 Å². The zero-order chi connectivity index (χ0) is 21.3. The molecule has 7 heteroatoms. The van der Waals surface area contributed by atoms with Crippen molar-refractivity contribution >= 4 is 23.5 Å². The maximum Gasteiger partial charge on any atom is 0.325 e. The number of carbonyl (C=O) groups is 3. The highest BCUT2D eigenvalue weighted by atomic mass is 16.5. The Morgan fingerprint density at radius 3 is 2.67 bits per heavy atom. The highest BCUT2D eigenvalue weighted by Gasteiger charge is 2.18. The average Bonchev–Trinajstić information content (AvgIpc) is 2.76. The van der Waals surface area contributed by atoms with Gasteiger partial charge in [-0.2, -0.15) is 0 Å². The number of nitrogens with zero attached hydrogens (tertiary/aromatic N) is 1. The van der Waals surface area contributed by atoms with Crippen molar-refractivity contribution in [2.24, 2.45) is 0 Å². The van der Waals surface area contributed by atoms with Crippen LogP contribution in [0.5, 0.6) is 5.75 Å². The van der Waals surface area contributed by atoms with E-state index in [2.05, 4.69) is 5.32 Å². The Bertz CT molecular complexity index is 898. The lowest BCUT2D eigenvalue weighted by Gasteiger charge is -2.22. The minimum Gasteiger partial charge on any atom is -0.494 e. The first-order chi connectivity index (χ1) is 14.5. The molecule has 0 aliphatic carbocycles. The summed E-state index contributed by atoms with van der Waals surface area (Å²) < 4.78 is 10.5. The monoisotopic (exact) mass is 410 g/mol. The van der Waals surface area contributed by atoms with Crippen molar-refractivity contribution in [3.05, 3.63) is 59.7 Å². The first-order valence-corrected chi connectivity index (χ1v) is 9.99. The molecule has 2 aromatic carbocycles. The fraction of sp³-hybridized carbons (Fsp3) is 0.348. The minimum atomic E-state index is -0.448. The number of benzene rings is 2. The molecule has 1 heterocycles. The molecule has 0 fully saturated rings. The minimum absolute atomic E-state index is 0.0293. The van der Waals surface area contributed by atoms with Crippen molar-refractivity contribution in [2.45, 2.75) is 32.2 Å². The Morgan fingerprint density at radius 2 is 1.90 bits per heavy atom. The van der Waals surface area contributed by atoms with Gasteiger partial charge in [0.25, 0.3) is 0 Å². The lowest BCUT2D eigenvalue weighted by atomic mass is 10.0. The summed E-state index contributed by atoms with van der Waals surface area (Å²) in [5.41, 5.74) is 2.83. The standard InChI is InChI=1S/C23H26N2O5/c1-29-23(28)16-25(15-17-6-3-2-4-7-17)22(27)8-5-13-30-19-10-11-20-18(14-19)9-12-21(26)24-20/h2-4,6-7,10-11,14H,5,8-9,12-13,15-16H2,1H3,(H,24,26). The molecule has 1 aliphatic heterocycles. The fourth-order valence-electron chi connectivity index (χ4n) is 3.28. The topological polar surface area (TPSA) is 84.9 Å². The summed E-state index contributed by atoms with van der Waals surface area (Å²) in [6, 6.07) is 15.1. The molecule has 1 aliphatic rings. The van der Waals surface area contributed by atoms with Crippen LogP contribution in [0.1, 0.15) is 30.4 Å². The number of anilines is 1. The SMILES string of the molecule is COC(=O)CN(Cc1ccccc1)C(=O)CCCOc1ccc2c(c1)CCC(=O)N2. The third-order valence-corrected chi connectivity index (χ3v) is 4.89. The van der Waals surface area contributed by atoms with E-state index in [0.29, 0.717) is 38.2 Å². The van der Waals surface area contributed by atoms with E-state index in [0.717, 1.165) is 16.8 Å². The third-order valence-electron chi connectivity index (χ3n) is 4.89. The number of rotatable bonds is 9. The fourth-order valence-corrected chi connectivity index (χ4v) is 3.28. The number of amides is 2. The van der Waals surface area contributed by atoms with Gasteiger partial charge in [0.15, 0.2) is 0 Å². The van der Waals surface area contributed by atoms with Crippen LogP contribution in [0.2, 0.25) is 0 Å². The molecule has 0 saturated heterocycles. The van der Waals surface area contributed by atoms with E-state index < -0.39 is 5.97 Å². The molecule has 2 aromatic rings. The van der Waals surface area contributed by atoms with Crippen molar-refractivity contribution < 1.29 is 23.9 Å². The second-order valence-electron chi connectivity index (χ2n) is 7.13. The molecule has 0 atom stereocenters. The molecule has 0 radical (unpaired) electrons. The predicted molar refractivity (Wildman–Crippen MR) is 112 cm³/mol. The van der Waals surface area contributed by atoms with Gasteiger partial charge in [0.05, 0.1) is 13.7 Å². The largest absolute Gasteiger partial charge is 0.494 e. The lowest BCUT2D eigenvalue weighted by Crippen LogP contribution is -2.35. The Hall–Kier alpha value is -3.35. The molecule has 3 rings (SSSR count). The molecule has 0 unspecified atom stereocenters. The van der Waals surface area contributed by atoms with Crippen LogP contribution in [0.15, 0.2) is 48.5 Å². The van der Waals surface area contributed by atoms with Crippen LogP contribution >= 0.6 is 0 Å². The summed E-state index contributed by atoms with van der Waals surface area (Å²) >= 11 is 0. The molecule has 1 N–H and O–H groups in total. The van der Waals surface area contributed by atoms with Gasteiger partial charge in [-0.15, -0.1) is 0 Å². The van der Waals surface area contributed by atoms with Crippen molar-refractivity contribution in [1.29, 1.82) is 0 Å². The Morgan fingerprint density at radius 1 is 1.10 bits per heavy atom. The van der Waals surface area contributed by atoms with Crippen LogP contribution in [0.4, 0.5) is 5.69 Å². The molecule has 7 nitrogen and oxygen atoms in total. The number of ether oxygens (including phenoxy) is 2. The first-order valence-electron chi connectivity index (χ1n) is 9.99. The van der Waals surface area contributed by atoms with E-state index in [-0.39, 0.29) is 24.8 Å². The Balaban J connectivity index is 1.50. The van der Waals surface area contributed by atoms with E-state index in [1.165, 1.54) is 12.0 Å². The summed E-state index contributed by atoms with van der Waals surface area (Å²) in [4.78, 5) is 37.3. The van der Waals surface area contributed by atoms with Gasteiger partial charge in [-0.3, -0.25) is 14.4 Å². The van der Waals surface area contributed by atoms with E-state index in [9.17, 15) is 14.4 Å². The molecular weight excluding hydrogens is 384 g/mol. The molecule has 0 bridgehead atoms. The summed E-state index contributed by atoms with van der Waals surface area (Å²) in [5.74, 6) is 0.174.